The van der Waals surface area contributed by atoms with Crippen molar-refractivity contribution in [3.8, 4) is 5.69 Å². The maximum Gasteiger partial charge on any atom is 0.416 e. The van der Waals surface area contributed by atoms with E-state index >= 15 is 0 Å². The molecule has 1 N–H and O–H groups in total. The summed E-state index contributed by atoms with van der Waals surface area (Å²) in [5.74, 6) is 0.597. The van der Waals surface area contributed by atoms with Gasteiger partial charge in [-0.1, -0.05) is 45.4 Å². The summed E-state index contributed by atoms with van der Waals surface area (Å²) < 4.78 is 40.8. The van der Waals surface area contributed by atoms with Crippen LogP contribution in [-0.2, 0) is 22.3 Å². The maximum absolute atomic E-state index is 13.8. The molecule has 2 amide bonds. The highest BCUT2D eigenvalue weighted by Crippen LogP contribution is 2.37. The lowest BCUT2D eigenvalue weighted by Crippen LogP contribution is -2.73. The molecule has 44 heavy (non-hydrogen) atoms. The monoisotopic (exact) mass is 659 g/mol. The van der Waals surface area contributed by atoms with Crippen LogP contribution in [0.2, 0.25) is 0 Å². The van der Waals surface area contributed by atoms with Crippen LogP contribution in [0.25, 0.3) is 5.69 Å². The van der Waals surface area contributed by atoms with Gasteiger partial charge in [-0.25, -0.2) is 4.68 Å². The number of hydrogen-bond donors (Lipinski definition) is 1. The lowest BCUT2D eigenvalue weighted by atomic mass is 9.79. The van der Waals surface area contributed by atoms with Gasteiger partial charge >= 0.3 is 6.18 Å². The fraction of sp³-hybridized carbons (Fsp3) is 0.656. The van der Waals surface area contributed by atoms with Gasteiger partial charge in [0.25, 0.3) is 0 Å². The zero-order valence-electron chi connectivity index (χ0n) is 25.9. The van der Waals surface area contributed by atoms with Crippen LogP contribution < -0.4 is 5.32 Å². The molecular formula is C32H46Cl2F3N5O2. The Hall–Kier alpha value is -2.30. The van der Waals surface area contributed by atoms with Gasteiger partial charge in [-0.3, -0.25) is 14.5 Å². The highest BCUT2D eigenvalue weighted by atomic mass is 35.5. The first-order valence-electron chi connectivity index (χ1n) is 15.6. The number of halogens is 5. The molecule has 3 heterocycles. The highest BCUT2D eigenvalue weighted by Gasteiger charge is 2.53. The predicted molar refractivity (Wildman–Crippen MR) is 170 cm³/mol. The molecule has 1 atom stereocenters. The third kappa shape index (κ3) is 7.39. The van der Waals surface area contributed by atoms with E-state index in [1.807, 2.05) is 18.7 Å². The second kappa shape index (κ2) is 14.9. The number of carbonyl (C=O) groups is 2. The fourth-order valence-electron chi connectivity index (χ4n) is 7.18. The molecule has 1 aromatic carbocycles. The number of rotatable bonds is 8. The third-order valence-corrected chi connectivity index (χ3v) is 9.78. The van der Waals surface area contributed by atoms with Crippen LogP contribution >= 0.6 is 24.8 Å². The van der Waals surface area contributed by atoms with Gasteiger partial charge in [-0.05, 0) is 69.7 Å². The molecule has 7 nitrogen and oxygen atoms in total. The standard InChI is InChI=1S/C32H44F3N5O2.2ClH/c1-4-5-17-39-29(41)28(20-24-9-7-6-8-10-24)36-30(42)31(39)15-18-38(19-16-31)21-27-22(2)37-40(23(27)3)26-13-11-25(12-14-26)32(33,34)35;;/h11-14,24,28H,4-10,15-21H2,1-3H3,(H,36,42);2*1H. The van der Waals surface area contributed by atoms with E-state index in [1.165, 1.54) is 31.4 Å². The molecule has 1 saturated carbocycles. The summed E-state index contributed by atoms with van der Waals surface area (Å²) in [6, 6.07) is 4.64. The van der Waals surface area contributed by atoms with E-state index in [0.29, 0.717) is 50.6 Å². The summed E-state index contributed by atoms with van der Waals surface area (Å²) in [4.78, 5) is 31.8. The highest BCUT2D eigenvalue weighted by molar-refractivity contribution is 6.00. The molecule has 0 bridgehead atoms. The van der Waals surface area contributed by atoms with Crippen LogP contribution in [0.5, 0.6) is 0 Å². The molecule has 1 aliphatic carbocycles. The minimum Gasteiger partial charge on any atom is -0.342 e. The van der Waals surface area contributed by atoms with Gasteiger partial charge in [0.05, 0.1) is 16.9 Å². The Morgan fingerprint density at radius 1 is 1.00 bits per heavy atom. The predicted octanol–water partition coefficient (Wildman–Crippen LogP) is 6.78. The number of piperidine rings is 1. The van der Waals surface area contributed by atoms with Gasteiger partial charge in [0.2, 0.25) is 11.8 Å². The summed E-state index contributed by atoms with van der Waals surface area (Å²) in [6.45, 7) is 8.54. The largest absolute Gasteiger partial charge is 0.416 e. The molecule has 2 saturated heterocycles. The van der Waals surface area contributed by atoms with Gasteiger partial charge in [0.1, 0.15) is 11.6 Å². The summed E-state index contributed by atoms with van der Waals surface area (Å²) in [5, 5.41) is 7.80. The van der Waals surface area contributed by atoms with Crippen LogP contribution in [0.4, 0.5) is 13.2 Å². The van der Waals surface area contributed by atoms with Crippen molar-refractivity contribution in [2.45, 2.75) is 109 Å². The molecule has 12 heteroatoms. The van der Waals surface area contributed by atoms with Crippen LogP contribution in [0.1, 0.15) is 93.6 Å². The number of unbranched alkanes of at least 4 members (excludes halogenated alkanes) is 1. The molecule has 1 unspecified atom stereocenters. The van der Waals surface area contributed by atoms with Crippen molar-refractivity contribution in [3.05, 3.63) is 46.8 Å². The van der Waals surface area contributed by atoms with Gasteiger partial charge in [0, 0.05) is 37.4 Å². The second-order valence-electron chi connectivity index (χ2n) is 12.5. The van der Waals surface area contributed by atoms with Crippen molar-refractivity contribution in [2.75, 3.05) is 19.6 Å². The van der Waals surface area contributed by atoms with E-state index in [-0.39, 0.29) is 36.6 Å². The number of nitrogens with zero attached hydrogens (tertiary/aromatic N) is 4. The zero-order chi connectivity index (χ0) is 30.1. The van der Waals surface area contributed by atoms with Crippen molar-refractivity contribution in [2.24, 2.45) is 5.92 Å². The quantitative estimate of drug-likeness (QED) is 0.339. The number of benzene rings is 1. The van der Waals surface area contributed by atoms with E-state index in [1.54, 1.807) is 4.68 Å². The van der Waals surface area contributed by atoms with Gasteiger partial charge < -0.3 is 10.2 Å². The number of piperazine rings is 1. The zero-order valence-corrected chi connectivity index (χ0v) is 27.6. The Labute approximate surface area is 271 Å². The van der Waals surface area contributed by atoms with Crippen molar-refractivity contribution in [1.82, 2.24) is 24.9 Å². The van der Waals surface area contributed by atoms with Crippen molar-refractivity contribution >= 4 is 36.6 Å². The lowest BCUT2D eigenvalue weighted by Gasteiger charge is -2.52. The minimum atomic E-state index is -4.38. The molecule has 246 valence electrons. The van der Waals surface area contributed by atoms with Crippen LogP contribution in [0.15, 0.2) is 24.3 Å². The Kier molecular flexibility index (Phi) is 12.2. The van der Waals surface area contributed by atoms with Crippen molar-refractivity contribution in [1.29, 1.82) is 0 Å². The summed E-state index contributed by atoms with van der Waals surface area (Å²) in [7, 11) is 0. The summed E-state index contributed by atoms with van der Waals surface area (Å²) in [5.41, 5.74) is 1.83. The van der Waals surface area contributed by atoms with E-state index < -0.39 is 23.3 Å². The number of nitrogens with one attached hydrogen (secondary N) is 1. The molecule has 3 fully saturated rings. The first-order valence-corrected chi connectivity index (χ1v) is 15.6. The molecule has 1 spiro atoms. The Balaban J connectivity index is 0.00000264. The number of carbonyl (C=O) groups excluding carboxylic acids is 2. The smallest absolute Gasteiger partial charge is 0.342 e. The van der Waals surface area contributed by atoms with Gasteiger partial charge in [-0.15, -0.1) is 24.8 Å². The summed E-state index contributed by atoms with van der Waals surface area (Å²) >= 11 is 0. The van der Waals surface area contributed by atoms with E-state index in [9.17, 15) is 22.8 Å². The lowest BCUT2D eigenvalue weighted by molar-refractivity contribution is -0.162. The number of aryl methyl sites for hydroxylation is 1. The fourth-order valence-corrected chi connectivity index (χ4v) is 7.18. The SMILES string of the molecule is CCCCN1C(=O)C(CC2CCCCC2)NC(=O)C12CCN(Cc1c(C)nn(-c3ccc(C(F)(F)F)cc3)c1C)CC2.Cl.Cl. The van der Waals surface area contributed by atoms with Gasteiger partial charge in [-0.2, -0.15) is 18.3 Å². The Morgan fingerprint density at radius 2 is 1.64 bits per heavy atom. The first kappa shape index (κ1) is 36.2. The Morgan fingerprint density at radius 3 is 2.23 bits per heavy atom. The van der Waals surface area contributed by atoms with Crippen molar-refractivity contribution in [3.63, 3.8) is 0 Å². The van der Waals surface area contributed by atoms with Crippen LogP contribution in [0, 0.1) is 19.8 Å². The normalized spacial score (nSPS) is 21.1. The minimum absolute atomic E-state index is 0. The van der Waals surface area contributed by atoms with E-state index in [0.717, 1.165) is 61.2 Å². The number of alkyl halides is 3. The summed E-state index contributed by atoms with van der Waals surface area (Å²) in [6.07, 6.45) is 5.33. The number of hydrogen-bond acceptors (Lipinski definition) is 4. The van der Waals surface area contributed by atoms with Crippen LogP contribution in [-0.4, -0.2) is 62.6 Å². The number of aromatic nitrogens is 2. The molecule has 0 radical (unpaired) electrons. The molecule has 3 aliphatic rings. The molecular weight excluding hydrogens is 614 g/mol. The average Bonchev–Trinajstić information content (AvgIpc) is 3.25. The first-order chi connectivity index (χ1) is 20.0. The van der Waals surface area contributed by atoms with Crippen molar-refractivity contribution < 1.29 is 22.8 Å². The molecule has 2 aromatic rings. The van der Waals surface area contributed by atoms with E-state index in [2.05, 4.69) is 22.2 Å². The maximum atomic E-state index is 13.8. The molecule has 1 aromatic heterocycles. The Bertz CT molecular complexity index is 1270. The average molecular weight is 661 g/mol. The second-order valence-corrected chi connectivity index (χ2v) is 12.5. The molecule has 2 aliphatic heterocycles. The van der Waals surface area contributed by atoms with Crippen LogP contribution in [0.3, 0.4) is 0 Å². The van der Waals surface area contributed by atoms with E-state index in [4.69, 9.17) is 0 Å². The third-order valence-electron chi connectivity index (χ3n) is 9.78. The number of amides is 2. The molecule has 5 rings (SSSR count). The topological polar surface area (TPSA) is 70.5 Å². The number of likely N-dealkylation sites (tertiary alicyclic amines) is 1. The van der Waals surface area contributed by atoms with Gasteiger partial charge in [0.15, 0.2) is 0 Å².